The van der Waals surface area contributed by atoms with Crippen LogP contribution in [0.4, 0.5) is 4.39 Å². The van der Waals surface area contributed by atoms with Crippen LogP contribution in [0, 0.1) is 17.7 Å². The molecule has 1 N–H and O–H groups in total. The third-order valence-corrected chi connectivity index (χ3v) is 4.21. The Morgan fingerprint density at radius 3 is 2.88 bits per heavy atom. The monoisotopic (exact) mass is 300 g/mol. The van der Waals surface area contributed by atoms with Crippen molar-refractivity contribution in [3.63, 3.8) is 0 Å². The molecule has 0 heterocycles. The Hall–Kier alpha value is -0.410. The standard InChI is InChI=1S/C14H18BrFO/c1-9-2-3-10(6-9)14(17)8-11-7-12(15)4-5-13(11)16/h4-5,7,9-10,14,17H,2-3,6,8H2,1H3. The molecule has 3 unspecified atom stereocenters. The van der Waals surface area contributed by atoms with E-state index in [0.717, 1.165) is 17.3 Å². The van der Waals surface area contributed by atoms with Gasteiger partial charge in [-0.1, -0.05) is 29.3 Å². The molecule has 3 heteroatoms. The average molecular weight is 301 g/mol. The zero-order valence-electron chi connectivity index (χ0n) is 10.00. The molecular formula is C14H18BrFO. The average Bonchev–Trinajstić information content (AvgIpc) is 2.70. The molecular weight excluding hydrogens is 283 g/mol. The molecule has 1 fully saturated rings. The van der Waals surface area contributed by atoms with Gasteiger partial charge in [0.2, 0.25) is 0 Å². The maximum Gasteiger partial charge on any atom is 0.126 e. The highest BCUT2D eigenvalue weighted by Gasteiger charge is 2.28. The minimum Gasteiger partial charge on any atom is -0.392 e. The molecule has 1 nitrogen and oxygen atoms in total. The second-order valence-electron chi connectivity index (χ2n) is 5.19. The van der Waals surface area contributed by atoms with Crippen LogP contribution >= 0.6 is 15.9 Å². The molecule has 0 radical (unpaired) electrons. The fourth-order valence-corrected chi connectivity index (χ4v) is 3.10. The number of hydrogen-bond acceptors (Lipinski definition) is 1. The van der Waals surface area contributed by atoms with Crippen molar-refractivity contribution in [1.29, 1.82) is 0 Å². The van der Waals surface area contributed by atoms with Crippen molar-refractivity contribution in [3.8, 4) is 0 Å². The number of hydrogen-bond donors (Lipinski definition) is 1. The first-order valence-electron chi connectivity index (χ1n) is 6.18. The van der Waals surface area contributed by atoms with Crippen LogP contribution in [-0.2, 0) is 6.42 Å². The van der Waals surface area contributed by atoms with E-state index in [0.29, 0.717) is 23.8 Å². The Bertz CT molecular complexity index is 394. The van der Waals surface area contributed by atoms with E-state index < -0.39 is 6.10 Å². The van der Waals surface area contributed by atoms with Gasteiger partial charge in [-0.2, -0.15) is 0 Å². The van der Waals surface area contributed by atoms with Crippen molar-refractivity contribution in [2.45, 2.75) is 38.7 Å². The molecule has 0 aliphatic heterocycles. The molecule has 2 rings (SSSR count). The van der Waals surface area contributed by atoms with Gasteiger partial charge in [0.25, 0.3) is 0 Å². The number of aliphatic hydroxyl groups excluding tert-OH is 1. The van der Waals surface area contributed by atoms with E-state index in [1.54, 1.807) is 12.1 Å². The lowest BCUT2D eigenvalue weighted by Crippen LogP contribution is -2.21. The van der Waals surface area contributed by atoms with Gasteiger partial charge in [-0.25, -0.2) is 4.39 Å². The second kappa shape index (κ2) is 5.49. The van der Waals surface area contributed by atoms with E-state index in [9.17, 15) is 9.50 Å². The quantitative estimate of drug-likeness (QED) is 0.897. The van der Waals surface area contributed by atoms with Crippen molar-refractivity contribution in [2.24, 2.45) is 11.8 Å². The predicted octanol–water partition coefficient (Wildman–Crippen LogP) is 3.93. The Morgan fingerprint density at radius 1 is 1.47 bits per heavy atom. The molecule has 0 amide bonds. The molecule has 94 valence electrons. The SMILES string of the molecule is CC1CCC(C(O)Cc2cc(Br)ccc2F)C1. The van der Waals surface area contributed by atoms with Gasteiger partial charge in [0.1, 0.15) is 5.82 Å². The summed E-state index contributed by atoms with van der Waals surface area (Å²) in [7, 11) is 0. The number of aliphatic hydroxyl groups is 1. The maximum atomic E-state index is 13.6. The maximum absolute atomic E-state index is 13.6. The van der Waals surface area contributed by atoms with E-state index in [1.807, 2.05) is 0 Å². The second-order valence-corrected chi connectivity index (χ2v) is 6.10. The molecule has 1 aliphatic rings. The topological polar surface area (TPSA) is 20.2 Å². The molecule has 0 bridgehead atoms. The summed E-state index contributed by atoms with van der Waals surface area (Å²) >= 11 is 3.33. The van der Waals surface area contributed by atoms with Crippen molar-refractivity contribution >= 4 is 15.9 Å². The minimum atomic E-state index is -0.413. The smallest absolute Gasteiger partial charge is 0.126 e. The van der Waals surface area contributed by atoms with Gasteiger partial charge >= 0.3 is 0 Å². The first kappa shape index (κ1) is 13.0. The van der Waals surface area contributed by atoms with Gasteiger partial charge in [-0.3, -0.25) is 0 Å². The van der Waals surface area contributed by atoms with Gasteiger partial charge in [0, 0.05) is 10.9 Å². The van der Waals surface area contributed by atoms with Crippen LogP contribution in [0.25, 0.3) is 0 Å². The lowest BCUT2D eigenvalue weighted by atomic mass is 9.94. The van der Waals surface area contributed by atoms with E-state index in [-0.39, 0.29) is 5.82 Å². The largest absolute Gasteiger partial charge is 0.392 e. The van der Waals surface area contributed by atoms with Crippen LogP contribution in [0.15, 0.2) is 22.7 Å². The van der Waals surface area contributed by atoms with Crippen molar-refractivity contribution < 1.29 is 9.50 Å². The highest BCUT2D eigenvalue weighted by atomic mass is 79.9. The normalized spacial score (nSPS) is 26.1. The summed E-state index contributed by atoms with van der Waals surface area (Å²) < 4.78 is 14.4. The van der Waals surface area contributed by atoms with Crippen LogP contribution in [0.5, 0.6) is 0 Å². The zero-order valence-corrected chi connectivity index (χ0v) is 11.6. The summed E-state index contributed by atoms with van der Waals surface area (Å²) in [5, 5.41) is 10.2. The Kier molecular flexibility index (Phi) is 4.21. The van der Waals surface area contributed by atoms with Crippen LogP contribution in [-0.4, -0.2) is 11.2 Å². The molecule has 0 aromatic heterocycles. The summed E-state index contributed by atoms with van der Waals surface area (Å²) in [6, 6.07) is 4.89. The summed E-state index contributed by atoms with van der Waals surface area (Å²) in [6.07, 6.45) is 3.32. The predicted molar refractivity (Wildman–Crippen MR) is 70.3 cm³/mol. The van der Waals surface area contributed by atoms with Crippen molar-refractivity contribution in [3.05, 3.63) is 34.1 Å². The molecule has 1 aromatic carbocycles. The Morgan fingerprint density at radius 2 is 2.24 bits per heavy atom. The Labute approximate surface area is 110 Å². The number of benzene rings is 1. The first-order chi connectivity index (χ1) is 8.06. The van der Waals surface area contributed by atoms with Gasteiger partial charge < -0.3 is 5.11 Å². The minimum absolute atomic E-state index is 0.224. The summed E-state index contributed by atoms with van der Waals surface area (Å²) in [4.78, 5) is 0. The van der Waals surface area contributed by atoms with Crippen molar-refractivity contribution in [2.75, 3.05) is 0 Å². The summed E-state index contributed by atoms with van der Waals surface area (Å²) in [5.74, 6) is 0.809. The van der Waals surface area contributed by atoms with Gasteiger partial charge in [0.15, 0.2) is 0 Å². The molecule has 0 spiro atoms. The third-order valence-electron chi connectivity index (χ3n) is 3.72. The zero-order chi connectivity index (χ0) is 12.4. The molecule has 1 aliphatic carbocycles. The van der Waals surface area contributed by atoms with E-state index in [1.165, 1.54) is 12.5 Å². The summed E-state index contributed by atoms with van der Waals surface area (Å²) in [5.41, 5.74) is 0.603. The molecule has 3 atom stereocenters. The van der Waals surface area contributed by atoms with Crippen LogP contribution in [0.1, 0.15) is 31.7 Å². The number of rotatable bonds is 3. The highest BCUT2D eigenvalue weighted by Crippen LogP contribution is 2.34. The van der Waals surface area contributed by atoms with Crippen LogP contribution in [0.3, 0.4) is 0 Å². The summed E-state index contributed by atoms with van der Waals surface area (Å²) in [6.45, 7) is 2.21. The fourth-order valence-electron chi connectivity index (χ4n) is 2.69. The van der Waals surface area contributed by atoms with Crippen LogP contribution in [0.2, 0.25) is 0 Å². The van der Waals surface area contributed by atoms with Gasteiger partial charge in [-0.15, -0.1) is 0 Å². The highest BCUT2D eigenvalue weighted by molar-refractivity contribution is 9.10. The van der Waals surface area contributed by atoms with E-state index in [2.05, 4.69) is 22.9 Å². The first-order valence-corrected chi connectivity index (χ1v) is 6.97. The van der Waals surface area contributed by atoms with E-state index in [4.69, 9.17) is 0 Å². The lowest BCUT2D eigenvalue weighted by molar-refractivity contribution is 0.108. The van der Waals surface area contributed by atoms with Crippen molar-refractivity contribution in [1.82, 2.24) is 0 Å². The molecule has 0 saturated heterocycles. The molecule has 17 heavy (non-hydrogen) atoms. The number of halogens is 2. The lowest BCUT2D eigenvalue weighted by Gasteiger charge is -2.18. The van der Waals surface area contributed by atoms with Gasteiger partial charge in [-0.05, 0) is 48.4 Å². The third kappa shape index (κ3) is 3.29. The van der Waals surface area contributed by atoms with E-state index >= 15 is 0 Å². The molecule has 1 aromatic rings. The van der Waals surface area contributed by atoms with Gasteiger partial charge in [0.05, 0.1) is 6.10 Å². The Balaban J connectivity index is 2.02. The fraction of sp³-hybridized carbons (Fsp3) is 0.571. The van der Waals surface area contributed by atoms with Crippen LogP contribution < -0.4 is 0 Å². The molecule has 1 saturated carbocycles.